The number of carbonyl (C=O) groups is 1. The Balaban J connectivity index is 1.90. The number of ether oxygens (including phenoxy) is 1. The number of carbonyl (C=O) groups excluding carboxylic acids is 1. The van der Waals surface area contributed by atoms with Gasteiger partial charge >= 0.3 is 0 Å². The van der Waals surface area contributed by atoms with E-state index < -0.39 is 0 Å². The summed E-state index contributed by atoms with van der Waals surface area (Å²) in [6, 6.07) is 3.79. The molecule has 2 rings (SSSR count). The molecule has 1 N–H and O–H groups in total. The number of amides is 1. The van der Waals surface area contributed by atoms with E-state index in [1.165, 1.54) is 11.3 Å². The zero-order valence-electron chi connectivity index (χ0n) is 10.0. The second-order valence-corrected chi connectivity index (χ2v) is 5.06. The first-order valence-electron chi connectivity index (χ1n) is 5.90. The lowest BCUT2D eigenvalue weighted by Crippen LogP contribution is -2.46. The predicted molar refractivity (Wildman–Crippen MR) is 68.5 cm³/mol. The van der Waals surface area contributed by atoms with Gasteiger partial charge < -0.3 is 15.0 Å². The van der Waals surface area contributed by atoms with Crippen LogP contribution in [0.5, 0.6) is 0 Å². The third kappa shape index (κ3) is 3.28. The van der Waals surface area contributed by atoms with Crippen LogP contribution in [0, 0.1) is 0 Å². The number of nitrogens with zero attached hydrogens (tertiary/aromatic N) is 1. The van der Waals surface area contributed by atoms with Crippen molar-refractivity contribution in [1.29, 1.82) is 0 Å². The zero-order valence-corrected chi connectivity index (χ0v) is 10.8. The molecule has 1 aliphatic heterocycles. The maximum absolute atomic E-state index is 12.1. The van der Waals surface area contributed by atoms with E-state index >= 15 is 0 Å². The topological polar surface area (TPSA) is 41.6 Å². The zero-order chi connectivity index (χ0) is 12.1. The van der Waals surface area contributed by atoms with Crippen LogP contribution < -0.4 is 5.32 Å². The lowest BCUT2D eigenvalue weighted by molar-refractivity contribution is -0.0241. The Morgan fingerprint density at radius 2 is 2.59 bits per heavy atom. The van der Waals surface area contributed by atoms with Gasteiger partial charge in [-0.05, 0) is 31.5 Å². The molecule has 94 valence electrons. The van der Waals surface area contributed by atoms with Gasteiger partial charge in [0, 0.05) is 13.1 Å². The largest absolute Gasteiger partial charge is 0.374 e. The molecule has 0 radical (unpaired) electrons. The van der Waals surface area contributed by atoms with E-state index in [0.29, 0.717) is 19.7 Å². The van der Waals surface area contributed by atoms with E-state index in [9.17, 15) is 4.79 Å². The van der Waals surface area contributed by atoms with Crippen LogP contribution in [0.2, 0.25) is 0 Å². The summed E-state index contributed by atoms with van der Waals surface area (Å²) >= 11 is 1.50. The normalized spacial score (nSPS) is 20.5. The predicted octanol–water partition coefficient (Wildman–Crippen LogP) is 1.20. The van der Waals surface area contributed by atoms with Gasteiger partial charge in [-0.2, -0.15) is 0 Å². The summed E-state index contributed by atoms with van der Waals surface area (Å²) < 4.78 is 5.65. The van der Waals surface area contributed by atoms with Crippen molar-refractivity contribution in [3.8, 4) is 0 Å². The average molecular weight is 254 g/mol. The minimum atomic E-state index is 0.137. The molecule has 0 spiro atoms. The molecule has 1 amide bonds. The smallest absolute Gasteiger partial charge is 0.264 e. The third-order valence-electron chi connectivity index (χ3n) is 2.87. The van der Waals surface area contributed by atoms with E-state index in [0.717, 1.165) is 17.8 Å². The van der Waals surface area contributed by atoms with E-state index in [1.807, 2.05) is 29.5 Å². The Bertz CT molecular complexity index is 353. The summed E-state index contributed by atoms with van der Waals surface area (Å²) in [5.41, 5.74) is 0. The number of hydrogen-bond acceptors (Lipinski definition) is 4. The lowest BCUT2D eigenvalue weighted by Gasteiger charge is -2.32. The van der Waals surface area contributed by atoms with E-state index in [2.05, 4.69) is 5.32 Å². The van der Waals surface area contributed by atoms with Crippen LogP contribution in [-0.2, 0) is 4.74 Å². The fourth-order valence-corrected chi connectivity index (χ4v) is 2.63. The minimum Gasteiger partial charge on any atom is -0.374 e. The number of nitrogens with one attached hydrogen (secondary N) is 1. The van der Waals surface area contributed by atoms with Crippen LogP contribution in [0.1, 0.15) is 16.1 Å². The molecule has 0 aliphatic carbocycles. The van der Waals surface area contributed by atoms with Crippen molar-refractivity contribution in [2.24, 2.45) is 0 Å². The molecule has 1 unspecified atom stereocenters. The summed E-state index contributed by atoms with van der Waals surface area (Å²) in [4.78, 5) is 14.9. The van der Waals surface area contributed by atoms with Gasteiger partial charge in [-0.1, -0.05) is 6.07 Å². The average Bonchev–Trinajstić information content (AvgIpc) is 2.89. The highest BCUT2D eigenvalue weighted by Crippen LogP contribution is 2.15. The maximum atomic E-state index is 12.1. The van der Waals surface area contributed by atoms with Gasteiger partial charge in [0.25, 0.3) is 5.91 Å². The Morgan fingerprint density at radius 1 is 1.71 bits per heavy atom. The SMILES string of the molecule is CNCCC1CN(C(=O)c2cccs2)CCO1. The fraction of sp³-hybridized carbons (Fsp3) is 0.583. The monoisotopic (exact) mass is 254 g/mol. The highest BCUT2D eigenvalue weighted by atomic mass is 32.1. The molecule has 1 fully saturated rings. The standard InChI is InChI=1S/C12H18N2O2S/c1-13-5-4-10-9-14(6-7-16-10)12(15)11-3-2-8-17-11/h2-3,8,10,13H,4-7,9H2,1H3. The molecule has 2 heterocycles. The van der Waals surface area contributed by atoms with Crippen molar-refractivity contribution in [1.82, 2.24) is 10.2 Å². The minimum absolute atomic E-state index is 0.137. The van der Waals surface area contributed by atoms with Crippen molar-refractivity contribution in [2.75, 3.05) is 33.3 Å². The van der Waals surface area contributed by atoms with Gasteiger partial charge in [-0.25, -0.2) is 0 Å². The summed E-state index contributed by atoms with van der Waals surface area (Å²) in [7, 11) is 1.93. The van der Waals surface area contributed by atoms with Crippen LogP contribution in [0.15, 0.2) is 17.5 Å². The third-order valence-corrected chi connectivity index (χ3v) is 3.73. The number of rotatable bonds is 4. The van der Waals surface area contributed by atoms with Gasteiger partial charge in [-0.15, -0.1) is 11.3 Å². The van der Waals surface area contributed by atoms with Crippen molar-refractivity contribution in [2.45, 2.75) is 12.5 Å². The van der Waals surface area contributed by atoms with Crippen LogP contribution in [0.3, 0.4) is 0 Å². The van der Waals surface area contributed by atoms with Gasteiger partial charge in [0.1, 0.15) is 0 Å². The second kappa shape index (κ2) is 6.14. The van der Waals surface area contributed by atoms with Crippen molar-refractivity contribution in [3.05, 3.63) is 22.4 Å². The number of thiophene rings is 1. The number of morpholine rings is 1. The molecular weight excluding hydrogens is 236 g/mol. The Morgan fingerprint density at radius 3 is 3.29 bits per heavy atom. The quantitative estimate of drug-likeness (QED) is 0.878. The first kappa shape index (κ1) is 12.5. The van der Waals surface area contributed by atoms with Crippen molar-refractivity contribution in [3.63, 3.8) is 0 Å². The summed E-state index contributed by atoms with van der Waals surface area (Å²) in [6.45, 7) is 2.97. The lowest BCUT2D eigenvalue weighted by atomic mass is 10.2. The molecule has 1 aliphatic rings. The number of hydrogen-bond donors (Lipinski definition) is 1. The molecule has 1 aromatic rings. The first-order valence-corrected chi connectivity index (χ1v) is 6.78. The molecule has 17 heavy (non-hydrogen) atoms. The van der Waals surface area contributed by atoms with Crippen molar-refractivity contribution < 1.29 is 9.53 Å². The molecule has 0 bridgehead atoms. The molecule has 0 saturated carbocycles. The van der Waals surface area contributed by atoms with Crippen LogP contribution >= 0.6 is 11.3 Å². The first-order chi connectivity index (χ1) is 8.31. The Hall–Kier alpha value is -0.910. The van der Waals surface area contributed by atoms with Gasteiger partial charge in [0.05, 0.1) is 17.6 Å². The molecule has 5 heteroatoms. The highest BCUT2D eigenvalue weighted by molar-refractivity contribution is 7.12. The molecule has 1 saturated heterocycles. The van der Waals surface area contributed by atoms with Crippen molar-refractivity contribution >= 4 is 17.2 Å². The second-order valence-electron chi connectivity index (χ2n) is 4.11. The van der Waals surface area contributed by atoms with Crippen LogP contribution in [0.4, 0.5) is 0 Å². The van der Waals surface area contributed by atoms with Gasteiger partial charge in [0.15, 0.2) is 0 Å². The van der Waals surface area contributed by atoms with Gasteiger partial charge in [-0.3, -0.25) is 4.79 Å². The Kier molecular flexibility index (Phi) is 4.53. The van der Waals surface area contributed by atoms with Gasteiger partial charge in [0.2, 0.25) is 0 Å². The summed E-state index contributed by atoms with van der Waals surface area (Å²) in [5, 5.41) is 5.04. The Labute approximate surface area is 106 Å². The molecular formula is C12H18N2O2S. The highest BCUT2D eigenvalue weighted by Gasteiger charge is 2.24. The van der Waals surface area contributed by atoms with E-state index in [4.69, 9.17) is 4.74 Å². The maximum Gasteiger partial charge on any atom is 0.264 e. The van der Waals surface area contributed by atoms with E-state index in [-0.39, 0.29) is 12.0 Å². The summed E-state index contributed by atoms with van der Waals surface area (Å²) in [5.74, 6) is 0.137. The van der Waals surface area contributed by atoms with E-state index in [1.54, 1.807) is 0 Å². The summed E-state index contributed by atoms with van der Waals surface area (Å²) in [6.07, 6.45) is 1.12. The molecule has 4 nitrogen and oxygen atoms in total. The molecule has 1 aromatic heterocycles. The fourth-order valence-electron chi connectivity index (χ4n) is 1.94. The van der Waals surface area contributed by atoms with Crippen LogP contribution in [0.25, 0.3) is 0 Å². The molecule has 0 aromatic carbocycles. The molecule has 1 atom stereocenters. The van der Waals surface area contributed by atoms with Crippen LogP contribution in [-0.4, -0.2) is 50.2 Å².